The zero-order chi connectivity index (χ0) is 9.98. The highest BCUT2D eigenvalue weighted by atomic mass is 16.4. The van der Waals surface area contributed by atoms with Crippen LogP contribution in [-0.4, -0.2) is 22.2 Å². The molecule has 0 aromatic rings. The Bertz CT molecular complexity index is 181. The lowest BCUT2D eigenvalue weighted by molar-refractivity contribution is -0.136. The molecule has 68 valence electrons. The molecule has 0 atom stereocenters. The van der Waals surface area contributed by atoms with Gasteiger partial charge >= 0.3 is 11.9 Å². The Kier molecular flexibility index (Phi) is 10.2. The first kappa shape index (κ1) is 13.0. The normalized spacial score (nSPS) is 8.42. The van der Waals surface area contributed by atoms with Gasteiger partial charge in [-0.05, 0) is 6.92 Å². The number of carboxylic acid groups (broad SMARTS) is 2. The summed E-state index contributed by atoms with van der Waals surface area (Å²) in [5.41, 5.74) is 0. The van der Waals surface area contributed by atoms with Crippen LogP contribution < -0.4 is 0 Å². The lowest BCUT2D eigenvalue weighted by Crippen LogP contribution is -1.88. The summed E-state index contributed by atoms with van der Waals surface area (Å²) < 4.78 is 0. The number of aliphatic carboxylic acids is 2. The third kappa shape index (κ3) is 23.7. The highest BCUT2D eigenvalue weighted by molar-refractivity contribution is 5.79. The molecule has 0 fully saturated rings. The van der Waals surface area contributed by atoms with Gasteiger partial charge in [-0.3, -0.25) is 4.79 Å². The van der Waals surface area contributed by atoms with E-state index in [9.17, 15) is 9.59 Å². The lowest BCUT2D eigenvalue weighted by atomic mass is 10.4. The fraction of sp³-hybridized carbons (Fsp3) is 0.250. The molecule has 0 aliphatic heterocycles. The van der Waals surface area contributed by atoms with Crippen LogP contribution in [0.4, 0.5) is 0 Å². The molecule has 0 aliphatic carbocycles. The van der Waals surface area contributed by atoms with Crippen LogP contribution in [0.5, 0.6) is 0 Å². The minimum atomic E-state index is -0.891. The number of carboxylic acids is 2. The van der Waals surface area contributed by atoms with Gasteiger partial charge in [0.1, 0.15) is 0 Å². The minimum absolute atomic E-state index is 0.0556. The molecule has 0 radical (unpaired) electrons. The van der Waals surface area contributed by atoms with Crippen molar-refractivity contribution in [2.45, 2.75) is 13.3 Å². The predicted octanol–water partition coefficient (Wildman–Crippen LogP) is 1.29. The van der Waals surface area contributed by atoms with E-state index in [1.165, 1.54) is 12.2 Å². The first-order valence-electron chi connectivity index (χ1n) is 3.22. The molecule has 12 heavy (non-hydrogen) atoms. The Balaban J connectivity index is 0. The first-order chi connectivity index (χ1) is 5.54. The molecule has 0 amide bonds. The quantitative estimate of drug-likeness (QED) is 0.497. The summed E-state index contributed by atoms with van der Waals surface area (Å²) in [5.74, 6) is -1.72. The summed E-state index contributed by atoms with van der Waals surface area (Å²) in [6.45, 7) is 4.88. The van der Waals surface area contributed by atoms with Crippen molar-refractivity contribution in [3.63, 3.8) is 0 Å². The van der Waals surface area contributed by atoms with Gasteiger partial charge < -0.3 is 10.2 Å². The number of carbonyl (C=O) groups is 2. The van der Waals surface area contributed by atoms with Crippen LogP contribution in [-0.2, 0) is 9.59 Å². The van der Waals surface area contributed by atoms with Gasteiger partial charge in [0.15, 0.2) is 0 Å². The molecule has 0 unspecified atom stereocenters. The summed E-state index contributed by atoms with van der Waals surface area (Å²) in [6.07, 6.45) is 3.96. The van der Waals surface area contributed by atoms with E-state index < -0.39 is 11.9 Å². The molecule has 2 N–H and O–H groups in total. The van der Waals surface area contributed by atoms with Crippen LogP contribution in [0.1, 0.15) is 13.3 Å². The third-order valence-corrected chi connectivity index (χ3v) is 0.628. The Morgan fingerprint density at radius 1 is 1.42 bits per heavy atom. The molecule has 0 bridgehead atoms. The molecule has 4 heteroatoms. The molecule has 0 spiro atoms. The molecule has 0 heterocycles. The molecular weight excluding hydrogens is 160 g/mol. The van der Waals surface area contributed by atoms with Gasteiger partial charge in [0, 0.05) is 6.08 Å². The van der Waals surface area contributed by atoms with Crippen molar-refractivity contribution in [1.29, 1.82) is 0 Å². The average Bonchev–Trinajstić information content (AvgIpc) is 1.87. The lowest BCUT2D eigenvalue weighted by Gasteiger charge is -1.75. The summed E-state index contributed by atoms with van der Waals surface area (Å²) in [5, 5.41) is 15.7. The number of hydrogen-bond acceptors (Lipinski definition) is 2. The average molecular weight is 172 g/mol. The summed E-state index contributed by atoms with van der Waals surface area (Å²) in [6, 6.07) is 0. The topological polar surface area (TPSA) is 74.6 Å². The van der Waals surface area contributed by atoms with Crippen LogP contribution in [0.3, 0.4) is 0 Å². The molecule has 4 nitrogen and oxygen atoms in total. The number of rotatable bonds is 3. The van der Waals surface area contributed by atoms with Crippen LogP contribution in [0.2, 0.25) is 0 Å². The summed E-state index contributed by atoms with van der Waals surface area (Å²) in [4.78, 5) is 19.0. The van der Waals surface area contributed by atoms with Gasteiger partial charge in [-0.2, -0.15) is 0 Å². The Morgan fingerprint density at radius 2 is 1.92 bits per heavy atom. The molecular formula is C8H12O4. The van der Waals surface area contributed by atoms with E-state index in [2.05, 4.69) is 6.58 Å². The highest BCUT2D eigenvalue weighted by Crippen LogP contribution is 1.74. The molecule has 0 saturated carbocycles. The van der Waals surface area contributed by atoms with Crippen molar-refractivity contribution in [1.82, 2.24) is 0 Å². The fourth-order valence-corrected chi connectivity index (χ4v) is 0.266. The molecule has 0 saturated heterocycles. The Labute approximate surface area is 70.8 Å². The predicted molar refractivity (Wildman–Crippen MR) is 44.9 cm³/mol. The van der Waals surface area contributed by atoms with Gasteiger partial charge in [0.2, 0.25) is 0 Å². The fourth-order valence-electron chi connectivity index (χ4n) is 0.266. The van der Waals surface area contributed by atoms with Gasteiger partial charge in [-0.15, -0.1) is 6.58 Å². The van der Waals surface area contributed by atoms with E-state index in [1.54, 1.807) is 6.92 Å². The van der Waals surface area contributed by atoms with Crippen LogP contribution >= 0.6 is 0 Å². The highest BCUT2D eigenvalue weighted by Gasteiger charge is 1.84. The maximum absolute atomic E-state index is 9.53. The molecule has 0 aromatic heterocycles. The monoisotopic (exact) mass is 172 g/mol. The Hall–Kier alpha value is -1.58. The van der Waals surface area contributed by atoms with Gasteiger partial charge in [-0.1, -0.05) is 12.2 Å². The van der Waals surface area contributed by atoms with E-state index >= 15 is 0 Å². The van der Waals surface area contributed by atoms with Crippen LogP contribution in [0, 0.1) is 0 Å². The van der Waals surface area contributed by atoms with Gasteiger partial charge in [0.25, 0.3) is 0 Å². The Morgan fingerprint density at radius 3 is 1.92 bits per heavy atom. The van der Waals surface area contributed by atoms with E-state index in [0.717, 1.165) is 6.08 Å². The van der Waals surface area contributed by atoms with Crippen molar-refractivity contribution in [2.24, 2.45) is 0 Å². The molecule has 0 aromatic carbocycles. The number of allylic oxidation sites excluding steroid dienone is 1. The van der Waals surface area contributed by atoms with E-state index in [0.29, 0.717) is 0 Å². The second kappa shape index (κ2) is 9.42. The molecule has 0 rings (SSSR count). The van der Waals surface area contributed by atoms with E-state index in [1.807, 2.05) is 0 Å². The van der Waals surface area contributed by atoms with Crippen LogP contribution in [0.25, 0.3) is 0 Å². The van der Waals surface area contributed by atoms with Crippen LogP contribution in [0.15, 0.2) is 24.8 Å². The zero-order valence-electron chi connectivity index (χ0n) is 6.86. The summed E-state index contributed by atoms with van der Waals surface area (Å²) in [7, 11) is 0. The summed E-state index contributed by atoms with van der Waals surface area (Å²) >= 11 is 0. The number of hydrogen-bond donors (Lipinski definition) is 2. The van der Waals surface area contributed by atoms with Crippen molar-refractivity contribution >= 4 is 11.9 Å². The standard InChI is InChI=1S/2C4H6O2/c2*1-2-3-4(5)6/h2-3H,1H3,(H,5,6);2H,1,3H2,(H,5,6)/b3-2+;. The van der Waals surface area contributed by atoms with E-state index in [4.69, 9.17) is 10.2 Å². The van der Waals surface area contributed by atoms with Crippen molar-refractivity contribution in [3.05, 3.63) is 24.8 Å². The molecule has 0 aliphatic rings. The van der Waals surface area contributed by atoms with Gasteiger partial charge in [0.05, 0.1) is 6.42 Å². The second-order valence-electron chi connectivity index (χ2n) is 1.72. The van der Waals surface area contributed by atoms with Gasteiger partial charge in [-0.25, -0.2) is 4.79 Å². The SMILES string of the molecule is C/C=C/C(=O)O.C=CCC(=O)O. The second-order valence-corrected chi connectivity index (χ2v) is 1.72. The maximum atomic E-state index is 9.53. The minimum Gasteiger partial charge on any atom is -0.481 e. The zero-order valence-corrected chi connectivity index (χ0v) is 6.86. The van der Waals surface area contributed by atoms with Crippen molar-refractivity contribution in [3.8, 4) is 0 Å². The third-order valence-electron chi connectivity index (χ3n) is 0.628. The van der Waals surface area contributed by atoms with E-state index in [-0.39, 0.29) is 6.42 Å². The largest absolute Gasteiger partial charge is 0.481 e. The first-order valence-corrected chi connectivity index (χ1v) is 3.22. The smallest absolute Gasteiger partial charge is 0.327 e. The van der Waals surface area contributed by atoms with Crippen molar-refractivity contribution in [2.75, 3.05) is 0 Å². The maximum Gasteiger partial charge on any atom is 0.327 e. The van der Waals surface area contributed by atoms with Crippen molar-refractivity contribution < 1.29 is 19.8 Å².